The average molecular weight is 346 g/mol. The molecule has 1 amide bonds. The number of likely N-dealkylation sites (tertiary alicyclic amines) is 1. The SMILES string of the molecule is CC(O)[C@H]1C(C)C[C@H]2[C@@H]3CC=C4N(C)C(=O)CC[C@]4(C)[C@H]3CC[C@]12C. The van der Waals surface area contributed by atoms with E-state index in [0.29, 0.717) is 24.2 Å². The first-order chi connectivity index (χ1) is 11.7. The Morgan fingerprint density at radius 2 is 2.00 bits per heavy atom. The van der Waals surface area contributed by atoms with Crippen LogP contribution < -0.4 is 0 Å². The lowest BCUT2D eigenvalue weighted by Gasteiger charge is -2.58. The van der Waals surface area contributed by atoms with Crippen LogP contribution in [0.5, 0.6) is 0 Å². The van der Waals surface area contributed by atoms with Crippen LogP contribution in [0.25, 0.3) is 0 Å². The molecule has 0 spiro atoms. The van der Waals surface area contributed by atoms with Crippen LogP contribution in [-0.4, -0.2) is 29.1 Å². The maximum Gasteiger partial charge on any atom is 0.226 e. The third-order valence-electron chi connectivity index (χ3n) is 8.98. The Bertz CT molecular complexity index is 611. The molecular formula is C22H35NO2. The molecule has 140 valence electrons. The van der Waals surface area contributed by atoms with Gasteiger partial charge >= 0.3 is 0 Å². The number of carbonyl (C=O) groups excluding carboxylic acids is 1. The third kappa shape index (κ3) is 2.23. The van der Waals surface area contributed by atoms with E-state index in [2.05, 4.69) is 26.8 Å². The number of hydrogen-bond acceptors (Lipinski definition) is 2. The zero-order chi connectivity index (χ0) is 18.1. The van der Waals surface area contributed by atoms with Crippen LogP contribution >= 0.6 is 0 Å². The Kier molecular flexibility index (Phi) is 3.92. The fraction of sp³-hybridized carbons (Fsp3) is 0.864. The van der Waals surface area contributed by atoms with Crippen LogP contribution in [-0.2, 0) is 4.79 Å². The zero-order valence-electron chi connectivity index (χ0n) is 16.6. The van der Waals surface area contributed by atoms with E-state index >= 15 is 0 Å². The van der Waals surface area contributed by atoms with Crippen molar-refractivity contribution in [3.8, 4) is 0 Å². The van der Waals surface area contributed by atoms with Crippen LogP contribution in [0, 0.1) is 40.4 Å². The molecule has 1 heterocycles. The number of fused-ring (bicyclic) bond motifs is 5. The maximum absolute atomic E-state index is 12.2. The molecule has 2 unspecified atom stereocenters. The second-order valence-corrected chi connectivity index (χ2v) is 10.1. The largest absolute Gasteiger partial charge is 0.393 e. The summed E-state index contributed by atoms with van der Waals surface area (Å²) < 4.78 is 0. The quantitative estimate of drug-likeness (QED) is 0.773. The monoisotopic (exact) mass is 345 g/mol. The van der Waals surface area contributed by atoms with Crippen LogP contribution in [0.15, 0.2) is 11.8 Å². The topological polar surface area (TPSA) is 40.5 Å². The van der Waals surface area contributed by atoms with Crippen molar-refractivity contribution < 1.29 is 9.90 Å². The summed E-state index contributed by atoms with van der Waals surface area (Å²) in [6, 6.07) is 0. The minimum Gasteiger partial charge on any atom is -0.393 e. The van der Waals surface area contributed by atoms with Gasteiger partial charge in [0.1, 0.15) is 0 Å². The fourth-order valence-corrected chi connectivity index (χ4v) is 8.01. The van der Waals surface area contributed by atoms with Gasteiger partial charge in [-0.3, -0.25) is 4.79 Å². The molecule has 3 fully saturated rings. The standard InChI is InChI=1S/C22H35NO2/c1-13-12-17-15-6-7-18-21(3,11-9-19(25)23(18)5)16(15)8-10-22(17,4)20(13)14(2)24/h7,13-17,20,24H,6,8-12H2,1-5H3/t13?,14?,15-,16+,17+,20-,21-,22+/m1/s1. The minimum absolute atomic E-state index is 0.166. The Labute approximate surface area is 152 Å². The summed E-state index contributed by atoms with van der Waals surface area (Å²) in [4.78, 5) is 14.2. The van der Waals surface area contributed by atoms with E-state index in [-0.39, 0.29) is 22.8 Å². The van der Waals surface area contributed by atoms with E-state index in [1.54, 1.807) is 0 Å². The molecule has 1 aliphatic heterocycles. The fourth-order valence-electron chi connectivity index (χ4n) is 8.01. The third-order valence-corrected chi connectivity index (χ3v) is 8.98. The van der Waals surface area contributed by atoms with Crippen LogP contribution in [0.1, 0.15) is 66.2 Å². The molecule has 3 heteroatoms. The molecule has 3 aliphatic carbocycles. The molecule has 4 rings (SSSR count). The number of amides is 1. The van der Waals surface area contributed by atoms with Gasteiger partial charge in [0, 0.05) is 24.6 Å². The van der Waals surface area contributed by atoms with E-state index in [1.165, 1.54) is 25.0 Å². The second-order valence-electron chi connectivity index (χ2n) is 10.1. The van der Waals surface area contributed by atoms with Gasteiger partial charge in [-0.1, -0.05) is 26.8 Å². The van der Waals surface area contributed by atoms with Crippen molar-refractivity contribution in [3.05, 3.63) is 11.8 Å². The van der Waals surface area contributed by atoms with Crippen molar-refractivity contribution in [1.29, 1.82) is 0 Å². The van der Waals surface area contributed by atoms with Crippen molar-refractivity contribution in [1.82, 2.24) is 4.90 Å². The van der Waals surface area contributed by atoms with E-state index < -0.39 is 0 Å². The average Bonchev–Trinajstić information content (AvgIpc) is 2.81. The van der Waals surface area contributed by atoms with Crippen LogP contribution in [0.3, 0.4) is 0 Å². The van der Waals surface area contributed by atoms with Gasteiger partial charge in [0.25, 0.3) is 0 Å². The normalized spacial score (nSPS) is 50.6. The predicted molar refractivity (Wildman–Crippen MR) is 99.6 cm³/mol. The Morgan fingerprint density at radius 1 is 1.28 bits per heavy atom. The summed E-state index contributed by atoms with van der Waals surface area (Å²) in [6.07, 6.45) is 8.77. The Balaban J connectivity index is 1.70. The van der Waals surface area contributed by atoms with Crippen LogP contribution in [0.4, 0.5) is 0 Å². The van der Waals surface area contributed by atoms with Gasteiger partial charge in [0.2, 0.25) is 5.91 Å². The number of rotatable bonds is 1. The zero-order valence-corrected chi connectivity index (χ0v) is 16.6. The lowest BCUT2D eigenvalue weighted by Crippen LogP contribution is -2.54. The van der Waals surface area contributed by atoms with Gasteiger partial charge in [-0.2, -0.15) is 0 Å². The molecule has 1 saturated heterocycles. The van der Waals surface area contributed by atoms with Crippen molar-refractivity contribution in [3.63, 3.8) is 0 Å². The molecule has 3 nitrogen and oxygen atoms in total. The molecular weight excluding hydrogens is 310 g/mol. The van der Waals surface area contributed by atoms with Gasteiger partial charge in [-0.05, 0) is 74.0 Å². The highest BCUT2D eigenvalue weighted by molar-refractivity contribution is 5.79. The first-order valence-corrected chi connectivity index (χ1v) is 10.4. The number of carbonyl (C=O) groups is 1. The number of hydrogen-bond donors (Lipinski definition) is 1. The summed E-state index contributed by atoms with van der Waals surface area (Å²) in [7, 11) is 1.97. The minimum atomic E-state index is -0.203. The molecule has 0 aromatic heterocycles. The first-order valence-electron chi connectivity index (χ1n) is 10.4. The number of aliphatic hydroxyl groups excluding tert-OH is 1. The molecule has 25 heavy (non-hydrogen) atoms. The molecule has 0 aromatic rings. The summed E-state index contributed by atoms with van der Waals surface area (Å²) in [5.74, 6) is 3.47. The molecule has 2 saturated carbocycles. The van der Waals surface area contributed by atoms with Crippen molar-refractivity contribution in [2.75, 3.05) is 7.05 Å². The van der Waals surface area contributed by atoms with E-state index in [0.717, 1.165) is 24.7 Å². The lowest BCUT2D eigenvalue weighted by atomic mass is 9.48. The summed E-state index contributed by atoms with van der Waals surface area (Å²) in [6.45, 7) is 9.25. The molecule has 4 aliphatic rings. The molecule has 0 radical (unpaired) electrons. The van der Waals surface area contributed by atoms with Crippen molar-refractivity contribution in [2.24, 2.45) is 40.4 Å². The highest BCUT2D eigenvalue weighted by atomic mass is 16.3. The van der Waals surface area contributed by atoms with Crippen molar-refractivity contribution >= 4 is 5.91 Å². The molecule has 0 aromatic carbocycles. The van der Waals surface area contributed by atoms with Gasteiger partial charge in [-0.25, -0.2) is 0 Å². The van der Waals surface area contributed by atoms with E-state index in [9.17, 15) is 9.90 Å². The number of aliphatic hydroxyl groups is 1. The molecule has 1 N–H and O–H groups in total. The number of allylic oxidation sites excluding steroid dienone is 2. The van der Waals surface area contributed by atoms with Gasteiger partial charge < -0.3 is 10.0 Å². The van der Waals surface area contributed by atoms with Gasteiger partial charge in [0.15, 0.2) is 0 Å². The number of piperidine rings is 1. The summed E-state index contributed by atoms with van der Waals surface area (Å²) in [5, 5.41) is 10.5. The smallest absolute Gasteiger partial charge is 0.226 e. The maximum atomic E-state index is 12.2. The summed E-state index contributed by atoms with van der Waals surface area (Å²) in [5.41, 5.74) is 1.75. The Hall–Kier alpha value is -0.830. The summed E-state index contributed by atoms with van der Waals surface area (Å²) >= 11 is 0. The molecule has 0 bridgehead atoms. The predicted octanol–water partition coefficient (Wildman–Crippen LogP) is 4.22. The number of nitrogens with zero attached hydrogens (tertiary/aromatic N) is 1. The van der Waals surface area contributed by atoms with Crippen molar-refractivity contribution in [2.45, 2.75) is 72.3 Å². The Morgan fingerprint density at radius 3 is 2.68 bits per heavy atom. The second kappa shape index (κ2) is 5.58. The van der Waals surface area contributed by atoms with Gasteiger partial charge in [0.05, 0.1) is 6.10 Å². The van der Waals surface area contributed by atoms with Gasteiger partial charge in [-0.15, -0.1) is 0 Å². The van der Waals surface area contributed by atoms with Crippen LogP contribution in [0.2, 0.25) is 0 Å². The van der Waals surface area contributed by atoms with E-state index in [1.807, 2.05) is 18.9 Å². The first kappa shape index (κ1) is 17.6. The lowest BCUT2D eigenvalue weighted by molar-refractivity contribution is -0.136. The van der Waals surface area contributed by atoms with E-state index in [4.69, 9.17) is 0 Å². The highest BCUT2D eigenvalue weighted by Crippen LogP contribution is 2.67. The molecule has 8 atom stereocenters. The highest BCUT2D eigenvalue weighted by Gasteiger charge is 2.61.